The maximum Gasteiger partial charge on any atom is 0.247 e. The van der Waals surface area contributed by atoms with Crippen molar-refractivity contribution in [2.45, 2.75) is 52.6 Å². The number of carbonyl (C=O) groups is 1. The summed E-state index contributed by atoms with van der Waals surface area (Å²) in [5, 5.41) is 3.32. The van der Waals surface area contributed by atoms with Gasteiger partial charge in [0, 0.05) is 12.6 Å². The molecule has 0 bridgehead atoms. The summed E-state index contributed by atoms with van der Waals surface area (Å²) in [5.74, 6) is 0.162. The van der Waals surface area contributed by atoms with Gasteiger partial charge >= 0.3 is 0 Å². The molecule has 1 unspecified atom stereocenters. The highest BCUT2D eigenvalue weighted by atomic mass is 16.2. The Morgan fingerprint density at radius 1 is 1.42 bits per heavy atom. The van der Waals surface area contributed by atoms with Crippen molar-refractivity contribution in [3.8, 4) is 0 Å². The Labute approximate surface area is 116 Å². The number of nitrogens with one attached hydrogen (secondary N) is 1. The van der Waals surface area contributed by atoms with Crippen LogP contribution in [0.2, 0.25) is 0 Å². The van der Waals surface area contributed by atoms with Gasteiger partial charge in [0.15, 0.2) is 0 Å². The second-order valence-electron chi connectivity index (χ2n) is 5.97. The zero-order valence-corrected chi connectivity index (χ0v) is 12.6. The monoisotopic (exact) mass is 260 g/mol. The number of para-hydroxylation sites is 1. The molecule has 3 heteroatoms. The Bertz CT molecular complexity index is 494. The maximum absolute atomic E-state index is 12.7. The van der Waals surface area contributed by atoms with Gasteiger partial charge in [0.05, 0.1) is 11.2 Å². The maximum atomic E-state index is 12.7. The highest BCUT2D eigenvalue weighted by Crippen LogP contribution is 2.31. The number of carbonyl (C=O) groups excluding carboxylic acids is 1. The molecule has 1 fully saturated rings. The first-order valence-electron chi connectivity index (χ1n) is 7.05. The van der Waals surface area contributed by atoms with Gasteiger partial charge < -0.3 is 10.2 Å². The first-order valence-corrected chi connectivity index (χ1v) is 7.05. The summed E-state index contributed by atoms with van der Waals surface area (Å²) >= 11 is 0. The van der Waals surface area contributed by atoms with E-state index in [2.05, 4.69) is 44.3 Å². The lowest BCUT2D eigenvalue weighted by atomic mass is 9.94. The number of amides is 1. The third kappa shape index (κ3) is 2.39. The highest BCUT2D eigenvalue weighted by Gasteiger charge is 2.40. The van der Waals surface area contributed by atoms with Crippen LogP contribution in [0.4, 0.5) is 5.69 Å². The van der Waals surface area contributed by atoms with Crippen LogP contribution < -0.4 is 10.2 Å². The van der Waals surface area contributed by atoms with E-state index in [-0.39, 0.29) is 11.9 Å². The van der Waals surface area contributed by atoms with E-state index in [1.807, 2.05) is 18.7 Å². The summed E-state index contributed by atoms with van der Waals surface area (Å²) in [4.78, 5) is 14.7. The van der Waals surface area contributed by atoms with E-state index < -0.39 is 5.54 Å². The molecule has 1 heterocycles. The largest absolute Gasteiger partial charge is 0.306 e. The standard InChI is InChI=1S/C16H24N2O/c1-6-13-9-7-8-11(2)14(13)18-12(3)10-17-16(4,5)15(18)19/h7-9,12,17H,6,10H2,1-5H3. The summed E-state index contributed by atoms with van der Waals surface area (Å²) in [7, 11) is 0. The van der Waals surface area contributed by atoms with Crippen molar-refractivity contribution in [1.82, 2.24) is 5.32 Å². The molecular formula is C16H24N2O. The number of rotatable bonds is 2. The lowest BCUT2D eigenvalue weighted by Gasteiger charge is -2.43. The van der Waals surface area contributed by atoms with Crippen LogP contribution in [0.25, 0.3) is 0 Å². The molecule has 1 aliphatic rings. The summed E-state index contributed by atoms with van der Waals surface area (Å²) in [5.41, 5.74) is 3.05. The Morgan fingerprint density at radius 3 is 2.74 bits per heavy atom. The molecule has 0 spiro atoms. The van der Waals surface area contributed by atoms with E-state index in [1.54, 1.807) is 0 Å². The first kappa shape index (κ1) is 14.1. The average Bonchev–Trinajstić information content (AvgIpc) is 2.37. The molecule has 1 aliphatic heterocycles. The minimum Gasteiger partial charge on any atom is -0.306 e. The molecule has 1 saturated heterocycles. The van der Waals surface area contributed by atoms with Crippen LogP contribution in [-0.4, -0.2) is 24.0 Å². The van der Waals surface area contributed by atoms with Crippen LogP contribution in [0.3, 0.4) is 0 Å². The fourth-order valence-electron chi connectivity index (χ4n) is 2.74. The number of benzene rings is 1. The van der Waals surface area contributed by atoms with Gasteiger partial charge in [-0.05, 0) is 45.2 Å². The van der Waals surface area contributed by atoms with Gasteiger partial charge in [0.2, 0.25) is 5.91 Å². The quantitative estimate of drug-likeness (QED) is 0.886. The third-order valence-corrected chi connectivity index (χ3v) is 3.98. The van der Waals surface area contributed by atoms with Crippen molar-refractivity contribution in [2.75, 3.05) is 11.4 Å². The van der Waals surface area contributed by atoms with E-state index in [9.17, 15) is 4.79 Å². The molecular weight excluding hydrogens is 236 g/mol. The topological polar surface area (TPSA) is 32.3 Å². The Hall–Kier alpha value is -1.35. The van der Waals surface area contributed by atoms with E-state index in [1.165, 1.54) is 11.1 Å². The molecule has 1 aromatic rings. The third-order valence-electron chi connectivity index (χ3n) is 3.98. The number of piperazine rings is 1. The van der Waals surface area contributed by atoms with Gasteiger partial charge in [0.25, 0.3) is 0 Å². The normalized spacial score (nSPS) is 22.7. The Balaban J connectivity index is 2.53. The molecule has 0 aromatic heterocycles. The van der Waals surface area contributed by atoms with Gasteiger partial charge in [-0.1, -0.05) is 25.1 Å². The zero-order chi connectivity index (χ0) is 14.2. The molecule has 1 aromatic carbocycles. The number of anilines is 1. The van der Waals surface area contributed by atoms with Gasteiger partial charge in [-0.25, -0.2) is 0 Å². The second-order valence-corrected chi connectivity index (χ2v) is 5.97. The van der Waals surface area contributed by atoms with Crippen molar-refractivity contribution < 1.29 is 4.79 Å². The first-order chi connectivity index (χ1) is 8.88. The van der Waals surface area contributed by atoms with Gasteiger partial charge in [-0.2, -0.15) is 0 Å². The zero-order valence-electron chi connectivity index (χ0n) is 12.6. The molecule has 1 N–H and O–H groups in total. The van der Waals surface area contributed by atoms with Gasteiger partial charge in [-0.3, -0.25) is 4.79 Å². The predicted octanol–water partition coefficient (Wildman–Crippen LogP) is 2.66. The molecule has 0 aliphatic carbocycles. The SMILES string of the molecule is CCc1cccc(C)c1N1C(=O)C(C)(C)NCC1C. The van der Waals surface area contributed by atoms with Crippen molar-refractivity contribution in [1.29, 1.82) is 0 Å². The minimum absolute atomic E-state index is 0.162. The van der Waals surface area contributed by atoms with Crippen LogP contribution in [0, 0.1) is 6.92 Å². The number of aryl methyl sites for hydroxylation is 2. The van der Waals surface area contributed by atoms with Crippen LogP contribution in [0.1, 0.15) is 38.8 Å². The fraction of sp³-hybridized carbons (Fsp3) is 0.562. The van der Waals surface area contributed by atoms with Crippen LogP contribution in [0.15, 0.2) is 18.2 Å². The summed E-state index contributed by atoms with van der Waals surface area (Å²) < 4.78 is 0. The molecule has 1 atom stereocenters. The molecule has 2 rings (SSSR count). The highest BCUT2D eigenvalue weighted by molar-refractivity contribution is 6.02. The van der Waals surface area contributed by atoms with Crippen LogP contribution >= 0.6 is 0 Å². The lowest BCUT2D eigenvalue weighted by molar-refractivity contribution is -0.125. The van der Waals surface area contributed by atoms with Crippen molar-refractivity contribution in [2.24, 2.45) is 0 Å². The smallest absolute Gasteiger partial charge is 0.247 e. The van der Waals surface area contributed by atoms with E-state index in [4.69, 9.17) is 0 Å². The molecule has 19 heavy (non-hydrogen) atoms. The number of nitrogens with zero attached hydrogens (tertiary/aromatic N) is 1. The summed E-state index contributed by atoms with van der Waals surface area (Å²) in [6.07, 6.45) is 0.946. The molecule has 0 saturated carbocycles. The van der Waals surface area contributed by atoms with E-state index in [0.29, 0.717) is 0 Å². The lowest BCUT2D eigenvalue weighted by Crippen LogP contribution is -2.65. The molecule has 104 valence electrons. The van der Waals surface area contributed by atoms with Crippen molar-refractivity contribution in [3.05, 3.63) is 29.3 Å². The van der Waals surface area contributed by atoms with Crippen LogP contribution in [0.5, 0.6) is 0 Å². The van der Waals surface area contributed by atoms with Crippen molar-refractivity contribution >= 4 is 11.6 Å². The van der Waals surface area contributed by atoms with Crippen LogP contribution in [-0.2, 0) is 11.2 Å². The van der Waals surface area contributed by atoms with E-state index >= 15 is 0 Å². The fourth-order valence-corrected chi connectivity index (χ4v) is 2.74. The Morgan fingerprint density at radius 2 is 2.11 bits per heavy atom. The molecule has 1 amide bonds. The van der Waals surface area contributed by atoms with Crippen molar-refractivity contribution in [3.63, 3.8) is 0 Å². The number of hydrogen-bond acceptors (Lipinski definition) is 2. The second kappa shape index (κ2) is 4.97. The summed E-state index contributed by atoms with van der Waals surface area (Å²) in [6, 6.07) is 6.47. The Kier molecular flexibility index (Phi) is 3.68. The average molecular weight is 260 g/mol. The predicted molar refractivity (Wildman–Crippen MR) is 79.6 cm³/mol. The molecule has 3 nitrogen and oxygen atoms in total. The van der Waals surface area contributed by atoms with E-state index in [0.717, 1.165) is 18.7 Å². The molecule has 0 radical (unpaired) electrons. The van der Waals surface area contributed by atoms with Gasteiger partial charge in [0.1, 0.15) is 0 Å². The summed E-state index contributed by atoms with van der Waals surface area (Å²) in [6.45, 7) is 11.1. The van der Waals surface area contributed by atoms with Gasteiger partial charge in [-0.15, -0.1) is 0 Å². The minimum atomic E-state index is -0.486. The number of hydrogen-bond donors (Lipinski definition) is 1.